The number of para-hydroxylation sites is 2. The van der Waals surface area contributed by atoms with Crippen molar-refractivity contribution in [2.24, 2.45) is 0 Å². The number of fused-ring (bicyclic) bond motifs is 1. The van der Waals surface area contributed by atoms with Gasteiger partial charge in [-0.05, 0) is 24.3 Å². The predicted octanol–water partition coefficient (Wildman–Crippen LogP) is 2.41. The van der Waals surface area contributed by atoms with Crippen molar-refractivity contribution in [3.8, 4) is 6.07 Å². The number of nitro benzene ring substituents is 1. The number of amides is 1. The molecule has 0 aromatic heterocycles. The molecule has 2 aromatic rings. The molecule has 1 amide bonds. The van der Waals surface area contributed by atoms with Gasteiger partial charge in [0.25, 0.3) is 11.6 Å². The van der Waals surface area contributed by atoms with E-state index in [4.69, 9.17) is 16.3 Å². The Hall–Kier alpha value is -4.43. The van der Waals surface area contributed by atoms with Crippen LogP contribution in [0.2, 0.25) is 5.02 Å². The van der Waals surface area contributed by atoms with E-state index in [9.17, 15) is 29.8 Å². The predicted molar refractivity (Wildman–Crippen MR) is 122 cm³/mol. The Morgan fingerprint density at radius 3 is 2.32 bits per heavy atom. The van der Waals surface area contributed by atoms with Crippen LogP contribution < -0.4 is 15.1 Å². The number of nitriles is 1. The number of esters is 1. The Morgan fingerprint density at radius 1 is 1.15 bits per heavy atom. The first-order valence-corrected chi connectivity index (χ1v) is 10.1. The first-order valence-electron chi connectivity index (χ1n) is 9.77. The van der Waals surface area contributed by atoms with Crippen LogP contribution in [0.3, 0.4) is 0 Å². The van der Waals surface area contributed by atoms with Crippen LogP contribution in [0.1, 0.15) is 10.4 Å². The van der Waals surface area contributed by atoms with E-state index in [1.54, 1.807) is 23.9 Å². The fourth-order valence-corrected chi connectivity index (χ4v) is 3.56. The molecular weight excluding hydrogens is 466 g/mol. The standard InChI is InChI=1S/C22H18ClN5O6/c1-26-16-5-3-4-6-17(16)27(2)22(26)14(10-24)19(29)12-34-20(30)11-25-21(31)13-7-8-15(23)18(9-13)28(32)33/h3-9H,11-12H2,1-2H3,(H,25,31). The van der Waals surface area contributed by atoms with E-state index in [0.29, 0.717) is 5.82 Å². The molecule has 1 aliphatic heterocycles. The number of rotatable bonds is 7. The van der Waals surface area contributed by atoms with Gasteiger partial charge < -0.3 is 19.9 Å². The molecule has 1 N–H and O–H groups in total. The number of hydrogen-bond donors (Lipinski definition) is 1. The van der Waals surface area contributed by atoms with Gasteiger partial charge in [-0.25, -0.2) is 0 Å². The molecule has 0 radical (unpaired) electrons. The lowest BCUT2D eigenvalue weighted by Crippen LogP contribution is -2.32. The fraction of sp³-hybridized carbons (Fsp3) is 0.182. The molecule has 0 bridgehead atoms. The van der Waals surface area contributed by atoms with Gasteiger partial charge in [0.05, 0.1) is 16.3 Å². The van der Waals surface area contributed by atoms with Gasteiger partial charge >= 0.3 is 5.97 Å². The van der Waals surface area contributed by atoms with E-state index >= 15 is 0 Å². The molecule has 0 unspecified atom stereocenters. The lowest BCUT2D eigenvalue weighted by atomic mass is 10.2. The summed E-state index contributed by atoms with van der Waals surface area (Å²) < 4.78 is 4.91. The molecule has 12 heteroatoms. The summed E-state index contributed by atoms with van der Waals surface area (Å²) in [6.45, 7) is -1.29. The molecule has 0 atom stereocenters. The van der Waals surface area contributed by atoms with Crippen molar-refractivity contribution in [3.63, 3.8) is 0 Å². The molecule has 174 valence electrons. The maximum atomic E-state index is 12.6. The summed E-state index contributed by atoms with van der Waals surface area (Å²) in [5.74, 6) is -2.06. The molecule has 0 fully saturated rings. The summed E-state index contributed by atoms with van der Waals surface area (Å²) in [5.41, 5.74) is 0.892. The Balaban J connectivity index is 1.61. The molecule has 34 heavy (non-hydrogen) atoms. The van der Waals surface area contributed by atoms with Crippen molar-refractivity contribution in [1.29, 1.82) is 5.26 Å². The van der Waals surface area contributed by atoms with Crippen molar-refractivity contribution >= 4 is 46.3 Å². The summed E-state index contributed by atoms with van der Waals surface area (Å²) in [4.78, 5) is 50.4. The van der Waals surface area contributed by atoms with E-state index in [1.165, 1.54) is 12.1 Å². The third-order valence-corrected chi connectivity index (χ3v) is 5.34. The highest BCUT2D eigenvalue weighted by Crippen LogP contribution is 2.40. The third kappa shape index (κ3) is 4.82. The second-order valence-electron chi connectivity index (χ2n) is 7.11. The van der Waals surface area contributed by atoms with Crippen molar-refractivity contribution < 1.29 is 24.0 Å². The monoisotopic (exact) mass is 483 g/mol. The maximum absolute atomic E-state index is 12.6. The van der Waals surface area contributed by atoms with Crippen LogP contribution in [-0.2, 0) is 14.3 Å². The number of nitrogens with zero attached hydrogens (tertiary/aromatic N) is 4. The second-order valence-corrected chi connectivity index (χ2v) is 7.51. The summed E-state index contributed by atoms with van der Waals surface area (Å²) >= 11 is 5.71. The first kappa shape index (κ1) is 24.2. The van der Waals surface area contributed by atoms with Gasteiger partial charge in [-0.2, -0.15) is 5.26 Å². The number of carbonyl (C=O) groups is 3. The van der Waals surface area contributed by atoms with Crippen molar-refractivity contribution in [2.45, 2.75) is 0 Å². The number of benzene rings is 2. The van der Waals surface area contributed by atoms with Crippen molar-refractivity contribution in [2.75, 3.05) is 37.0 Å². The zero-order valence-electron chi connectivity index (χ0n) is 18.1. The van der Waals surface area contributed by atoms with Gasteiger partial charge in [-0.1, -0.05) is 23.7 Å². The van der Waals surface area contributed by atoms with Gasteiger partial charge in [0.1, 0.15) is 29.0 Å². The number of ketones is 1. The van der Waals surface area contributed by atoms with Crippen molar-refractivity contribution in [1.82, 2.24) is 5.32 Å². The average molecular weight is 484 g/mol. The second kappa shape index (κ2) is 10.0. The first-order chi connectivity index (χ1) is 16.1. The van der Waals surface area contributed by atoms with E-state index in [1.807, 2.05) is 30.3 Å². The van der Waals surface area contributed by atoms with Crippen LogP contribution >= 0.6 is 11.6 Å². The number of nitrogens with one attached hydrogen (secondary N) is 1. The Morgan fingerprint density at radius 2 is 1.76 bits per heavy atom. The fourth-order valence-electron chi connectivity index (χ4n) is 3.37. The minimum absolute atomic E-state index is 0.0802. The Bertz CT molecular complexity index is 1240. The molecular formula is C22H18ClN5O6. The lowest BCUT2D eigenvalue weighted by Gasteiger charge is -2.19. The number of nitro groups is 1. The third-order valence-electron chi connectivity index (χ3n) is 5.02. The number of halogens is 1. The van der Waals surface area contributed by atoms with Crippen LogP contribution in [0.5, 0.6) is 0 Å². The quantitative estimate of drug-likeness (QED) is 0.206. The van der Waals surface area contributed by atoms with Gasteiger partial charge in [0, 0.05) is 25.7 Å². The van der Waals surface area contributed by atoms with Crippen LogP contribution in [0.4, 0.5) is 17.1 Å². The Labute approximate surface area is 198 Å². The summed E-state index contributed by atoms with van der Waals surface area (Å²) in [7, 11) is 3.43. The largest absolute Gasteiger partial charge is 0.456 e. The summed E-state index contributed by atoms with van der Waals surface area (Å²) in [6, 6.07) is 12.7. The van der Waals surface area contributed by atoms with Crippen LogP contribution in [0.15, 0.2) is 53.9 Å². The normalized spacial score (nSPS) is 12.0. The molecule has 0 saturated carbocycles. The molecule has 3 rings (SSSR count). The van der Waals surface area contributed by atoms with E-state index in [-0.39, 0.29) is 16.2 Å². The van der Waals surface area contributed by atoms with E-state index in [0.717, 1.165) is 17.4 Å². The summed E-state index contributed by atoms with van der Waals surface area (Å²) in [6.07, 6.45) is 0. The Kier molecular flexibility index (Phi) is 7.13. The van der Waals surface area contributed by atoms with Crippen LogP contribution in [-0.4, -0.2) is 49.8 Å². The zero-order chi connectivity index (χ0) is 25.0. The smallest absolute Gasteiger partial charge is 0.325 e. The molecule has 1 heterocycles. The van der Waals surface area contributed by atoms with E-state index in [2.05, 4.69) is 5.32 Å². The van der Waals surface area contributed by atoms with E-state index < -0.39 is 41.4 Å². The summed E-state index contributed by atoms with van der Waals surface area (Å²) in [5, 5.41) is 22.6. The average Bonchev–Trinajstić information content (AvgIpc) is 3.07. The number of ether oxygens (including phenoxy) is 1. The number of carbonyl (C=O) groups excluding carboxylic acids is 3. The molecule has 11 nitrogen and oxygen atoms in total. The molecule has 0 aliphatic carbocycles. The highest BCUT2D eigenvalue weighted by molar-refractivity contribution is 6.32. The zero-order valence-corrected chi connectivity index (χ0v) is 18.8. The number of Topliss-reactive ketones (excluding diaryl/α,β-unsaturated/α-hetero) is 1. The van der Waals surface area contributed by atoms with Gasteiger partial charge in [0.15, 0.2) is 6.61 Å². The number of anilines is 2. The molecule has 1 aliphatic rings. The minimum atomic E-state index is -0.927. The highest BCUT2D eigenvalue weighted by atomic mass is 35.5. The SMILES string of the molecule is CN1C(=C(C#N)C(=O)COC(=O)CNC(=O)c2ccc(Cl)c([N+](=O)[O-])c2)N(C)c2ccccc21. The topological polar surface area (TPSA) is 146 Å². The van der Waals surface area contributed by atoms with Gasteiger partial charge in [-0.15, -0.1) is 0 Å². The molecule has 0 saturated heterocycles. The molecule has 2 aromatic carbocycles. The lowest BCUT2D eigenvalue weighted by molar-refractivity contribution is -0.384. The van der Waals surface area contributed by atoms with Gasteiger partial charge in [-0.3, -0.25) is 24.5 Å². The highest BCUT2D eigenvalue weighted by Gasteiger charge is 2.31. The molecule has 0 spiro atoms. The van der Waals surface area contributed by atoms with Gasteiger partial charge in [0.2, 0.25) is 5.78 Å². The number of hydrogen-bond acceptors (Lipinski definition) is 9. The minimum Gasteiger partial charge on any atom is -0.456 e. The maximum Gasteiger partial charge on any atom is 0.325 e. The van der Waals surface area contributed by atoms with Crippen LogP contribution in [0.25, 0.3) is 0 Å². The van der Waals surface area contributed by atoms with Crippen LogP contribution in [0, 0.1) is 21.4 Å². The van der Waals surface area contributed by atoms with Crippen molar-refractivity contribution in [3.05, 3.63) is 74.6 Å².